The van der Waals surface area contributed by atoms with Crippen molar-refractivity contribution in [2.75, 3.05) is 0 Å². The Labute approximate surface area is 137 Å². The van der Waals surface area contributed by atoms with E-state index in [9.17, 15) is 18.0 Å². The van der Waals surface area contributed by atoms with Crippen LogP contribution in [0, 0.1) is 0 Å². The van der Waals surface area contributed by atoms with Crippen molar-refractivity contribution in [2.45, 2.75) is 18.9 Å². The van der Waals surface area contributed by atoms with Gasteiger partial charge in [0.1, 0.15) is 12.4 Å². The molecule has 0 aliphatic heterocycles. The van der Waals surface area contributed by atoms with Crippen LogP contribution in [0.4, 0.5) is 13.2 Å². The molecule has 3 nitrogen and oxygen atoms in total. The SMILES string of the molecule is C=CC(OC(=O)c1ccc(OCc2ccccc2)cc1)C(F)(F)F. The van der Waals surface area contributed by atoms with E-state index in [2.05, 4.69) is 11.3 Å². The van der Waals surface area contributed by atoms with Gasteiger partial charge in [0.15, 0.2) is 0 Å². The molecule has 0 N–H and O–H groups in total. The normalized spacial score (nSPS) is 12.3. The van der Waals surface area contributed by atoms with Gasteiger partial charge in [0.05, 0.1) is 5.56 Å². The Morgan fingerprint density at radius 2 is 1.71 bits per heavy atom. The number of hydrogen-bond donors (Lipinski definition) is 0. The molecule has 126 valence electrons. The zero-order chi connectivity index (χ0) is 17.6. The number of carbonyl (C=O) groups is 1. The van der Waals surface area contributed by atoms with Gasteiger partial charge in [-0.2, -0.15) is 13.2 Å². The van der Waals surface area contributed by atoms with E-state index in [0.717, 1.165) is 5.56 Å². The minimum atomic E-state index is -4.68. The fraction of sp³-hybridized carbons (Fsp3) is 0.167. The average molecular weight is 336 g/mol. The van der Waals surface area contributed by atoms with Crippen molar-refractivity contribution in [3.63, 3.8) is 0 Å². The Balaban J connectivity index is 1.96. The van der Waals surface area contributed by atoms with Gasteiger partial charge in [-0.25, -0.2) is 4.79 Å². The molecule has 0 bridgehead atoms. The van der Waals surface area contributed by atoms with Crippen LogP contribution in [0.15, 0.2) is 67.3 Å². The molecule has 2 aromatic carbocycles. The number of carbonyl (C=O) groups excluding carboxylic acids is 1. The molecule has 1 atom stereocenters. The highest BCUT2D eigenvalue weighted by Gasteiger charge is 2.40. The van der Waals surface area contributed by atoms with Crippen LogP contribution in [-0.4, -0.2) is 18.2 Å². The standard InChI is InChI=1S/C18H15F3O3/c1-2-16(18(19,20)21)24-17(22)14-8-10-15(11-9-14)23-12-13-6-4-3-5-7-13/h2-11,16H,1,12H2. The Hall–Kier alpha value is -2.76. The summed E-state index contributed by atoms with van der Waals surface area (Å²) >= 11 is 0. The molecular formula is C18H15F3O3. The molecule has 24 heavy (non-hydrogen) atoms. The fourth-order valence-electron chi connectivity index (χ4n) is 1.86. The summed E-state index contributed by atoms with van der Waals surface area (Å²) in [5.41, 5.74) is 0.971. The third-order valence-electron chi connectivity index (χ3n) is 3.11. The molecule has 2 aromatic rings. The maximum atomic E-state index is 12.6. The molecule has 0 radical (unpaired) electrons. The summed E-state index contributed by atoms with van der Waals surface area (Å²) in [7, 11) is 0. The average Bonchev–Trinajstić information content (AvgIpc) is 2.58. The Bertz CT molecular complexity index is 679. The Morgan fingerprint density at radius 3 is 2.25 bits per heavy atom. The van der Waals surface area contributed by atoms with E-state index in [1.165, 1.54) is 24.3 Å². The minimum absolute atomic E-state index is 0.00170. The molecule has 0 amide bonds. The van der Waals surface area contributed by atoms with E-state index in [4.69, 9.17) is 4.74 Å². The zero-order valence-corrected chi connectivity index (χ0v) is 12.6. The molecule has 0 spiro atoms. The van der Waals surface area contributed by atoms with Gasteiger partial charge in [0, 0.05) is 0 Å². The van der Waals surface area contributed by atoms with E-state index in [-0.39, 0.29) is 5.56 Å². The van der Waals surface area contributed by atoms with Gasteiger partial charge in [-0.3, -0.25) is 0 Å². The first-order valence-electron chi connectivity index (χ1n) is 7.07. The van der Waals surface area contributed by atoms with Gasteiger partial charge in [-0.15, -0.1) is 0 Å². The summed E-state index contributed by atoms with van der Waals surface area (Å²) in [5.74, 6) is -0.585. The van der Waals surface area contributed by atoms with Crippen molar-refractivity contribution in [3.05, 3.63) is 78.4 Å². The van der Waals surface area contributed by atoms with Crippen LogP contribution in [0.5, 0.6) is 5.75 Å². The van der Waals surface area contributed by atoms with Gasteiger partial charge in [0.25, 0.3) is 0 Å². The zero-order valence-electron chi connectivity index (χ0n) is 12.6. The largest absolute Gasteiger partial charge is 0.489 e. The number of benzene rings is 2. The van der Waals surface area contributed by atoms with Crippen molar-refractivity contribution in [1.82, 2.24) is 0 Å². The lowest BCUT2D eigenvalue weighted by Gasteiger charge is -2.17. The van der Waals surface area contributed by atoms with Gasteiger partial charge >= 0.3 is 12.1 Å². The molecule has 0 aromatic heterocycles. The predicted molar refractivity (Wildman–Crippen MR) is 82.7 cm³/mol. The minimum Gasteiger partial charge on any atom is -0.489 e. The van der Waals surface area contributed by atoms with Crippen LogP contribution in [0.3, 0.4) is 0 Å². The van der Waals surface area contributed by atoms with Crippen molar-refractivity contribution in [3.8, 4) is 5.75 Å². The molecule has 0 heterocycles. The van der Waals surface area contributed by atoms with Gasteiger partial charge in [-0.1, -0.05) is 36.9 Å². The lowest BCUT2D eigenvalue weighted by molar-refractivity contribution is -0.188. The molecular weight excluding hydrogens is 321 g/mol. The maximum Gasteiger partial charge on any atom is 0.429 e. The van der Waals surface area contributed by atoms with Crippen LogP contribution in [0.25, 0.3) is 0 Å². The maximum absolute atomic E-state index is 12.6. The quantitative estimate of drug-likeness (QED) is 0.574. The predicted octanol–water partition coefficient (Wildman–Crippen LogP) is 4.54. The van der Waals surface area contributed by atoms with Crippen molar-refractivity contribution in [1.29, 1.82) is 0 Å². The number of alkyl halides is 3. The van der Waals surface area contributed by atoms with Crippen molar-refractivity contribution < 1.29 is 27.4 Å². The van der Waals surface area contributed by atoms with E-state index in [1.807, 2.05) is 30.3 Å². The Kier molecular flexibility index (Phi) is 5.63. The summed E-state index contributed by atoms with van der Waals surface area (Å²) in [4.78, 5) is 11.7. The van der Waals surface area contributed by atoms with Crippen molar-refractivity contribution in [2.24, 2.45) is 0 Å². The van der Waals surface area contributed by atoms with Gasteiger partial charge in [0.2, 0.25) is 6.10 Å². The van der Waals surface area contributed by atoms with Crippen LogP contribution >= 0.6 is 0 Å². The summed E-state index contributed by atoms with van der Waals surface area (Å²) in [6, 6.07) is 15.1. The molecule has 2 rings (SSSR count). The molecule has 0 aliphatic carbocycles. The van der Waals surface area contributed by atoms with E-state index in [1.54, 1.807) is 0 Å². The van der Waals surface area contributed by atoms with Crippen LogP contribution < -0.4 is 4.74 Å². The van der Waals surface area contributed by atoms with Gasteiger partial charge in [-0.05, 0) is 35.9 Å². The fourth-order valence-corrected chi connectivity index (χ4v) is 1.86. The molecule has 0 saturated heterocycles. The second-order valence-electron chi connectivity index (χ2n) is 4.90. The smallest absolute Gasteiger partial charge is 0.429 e. The highest BCUT2D eigenvalue weighted by Crippen LogP contribution is 2.25. The summed E-state index contributed by atoms with van der Waals surface area (Å²) in [5, 5.41) is 0. The summed E-state index contributed by atoms with van der Waals surface area (Å²) in [6.07, 6.45) is -6.48. The topological polar surface area (TPSA) is 35.5 Å². The van der Waals surface area contributed by atoms with Gasteiger partial charge < -0.3 is 9.47 Å². The molecule has 6 heteroatoms. The number of ether oxygens (including phenoxy) is 2. The van der Waals surface area contributed by atoms with E-state index in [0.29, 0.717) is 18.4 Å². The monoisotopic (exact) mass is 336 g/mol. The first-order valence-corrected chi connectivity index (χ1v) is 7.07. The van der Waals surface area contributed by atoms with E-state index < -0.39 is 18.2 Å². The van der Waals surface area contributed by atoms with Crippen molar-refractivity contribution >= 4 is 5.97 Å². The van der Waals surface area contributed by atoms with Crippen LogP contribution in [-0.2, 0) is 11.3 Å². The van der Waals surface area contributed by atoms with E-state index >= 15 is 0 Å². The first-order chi connectivity index (χ1) is 11.4. The first kappa shape index (κ1) is 17.6. The summed E-state index contributed by atoms with van der Waals surface area (Å²) < 4.78 is 47.6. The highest BCUT2D eigenvalue weighted by atomic mass is 19.4. The number of hydrogen-bond acceptors (Lipinski definition) is 3. The highest BCUT2D eigenvalue weighted by molar-refractivity contribution is 5.89. The van der Waals surface area contributed by atoms with Crippen LogP contribution in [0.1, 0.15) is 15.9 Å². The number of halogens is 3. The summed E-state index contributed by atoms with van der Waals surface area (Å²) in [6.45, 7) is 3.37. The second-order valence-corrected chi connectivity index (χ2v) is 4.90. The lowest BCUT2D eigenvalue weighted by Crippen LogP contribution is -2.31. The number of rotatable bonds is 6. The number of esters is 1. The molecule has 1 unspecified atom stereocenters. The van der Waals surface area contributed by atoms with Crippen LogP contribution in [0.2, 0.25) is 0 Å². The molecule has 0 fully saturated rings. The third kappa shape index (κ3) is 4.87. The molecule has 0 aliphatic rings. The third-order valence-corrected chi connectivity index (χ3v) is 3.11. The Morgan fingerprint density at radius 1 is 1.08 bits per heavy atom. The second kappa shape index (κ2) is 7.68. The molecule has 0 saturated carbocycles. The lowest BCUT2D eigenvalue weighted by atomic mass is 10.2.